The third-order valence-electron chi connectivity index (χ3n) is 7.56. The summed E-state index contributed by atoms with van der Waals surface area (Å²) in [5, 5.41) is 20.7. The molecular formula is C30H36N4O3S. The molecule has 0 spiro atoms. The van der Waals surface area contributed by atoms with Crippen molar-refractivity contribution >= 4 is 23.2 Å². The standard InChI is InChI=1S/C30H36N4O3S/c1-19-14-22(17-23(15-19)30(37)34-13-7-11-26(34)29-32-20(2)18-38-29)28(36)33-25(16-21-8-4-3-5-9-21)27(35)24-10-6-12-31-24/h3-5,8-9,14-15,17-18,24-27,31,35H,6-7,10-13,16H2,1-2H3,(H,33,36)/t24-,25+,26-,27-/m1/s1. The molecule has 2 amide bonds. The fraction of sp³-hybridized carbons (Fsp3) is 0.433. The van der Waals surface area contributed by atoms with Gasteiger partial charge >= 0.3 is 0 Å². The Hall–Kier alpha value is -3.07. The maximum absolute atomic E-state index is 13.6. The summed E-state index contributed by atoms with van der Waals surface area (Å²) in [6.07, 6.45) is 3.51. The number of carbonyl (C=O) groups excluding carboxylic acids is 2. The average molecular weight is 533 g/mol. The second-order valence-corrected chi connectivity index (χ2v) is 11.4. The molecule has 0 aliphatic carbocycles. The normalized spacial score (nSPS) is 20.9. The summed E-state index contributed by atoms with van der Waals surface area (Å²) in [4.78, 5) is 33.7. The van der Waals surface area contributed by atoms with Crippen LogP contribution in [0.4, 0.5) is 0 Å². The van der Waals surface area contributed by atoms with Gasteiger partial charge in [0.2, 0.25) is 0 Å². The second kappa shape index (κ2) is 11.8. The van der Waals surface area contributed by atoms with Crippen molar-refractivity contribution in [2.45, 2.75) is 70.2 Å². The van der Waals surface area contributed by atoms with Gasteiger partial charge in [0.1, 0.15) is 5.01 Å². The Labute approximate surface area is 228 Å². The van der Waals surface area contributed by atoms with Crippen LogP contribution in [0.2, 0.25) is 0 Å². The van der Waals surface area contributed by atoms with Crippen LogP contribution in [0.3, 0.4) is 0 Å². The van der Waals surface area contributed by atoms with Crippen LogP contribution in [0.15, 0.2) is 53.9 Å². The van der Waals surface area contributed by atoms with Gasteiger partial charge < -0.3 is 20.6 Å². The first kappa shape index (κ1) is 26.5. The fourth-order valence-electron chi connectivity index (χ4n) is 5.66. The quantitative estimate of drug-likeness (QED) is 0.405. The number of hydrogen-bond acceptors (Lipinski definition) is 6. The number of nitrogens with zero attached hydrogens (tertiary/aromatic N) is 2. The van der Waals surface area contributed by atoms with E-state index in [2.05, 4.69) is 15.6 Å². The monoisotopic (exact) mass is 532 g/mol. The highest BCUT2D eigenvalue weighted by atomic mass is 32.1. The largest absolute Gasteiger partial charge is 0.389 e. The van der Waals surface area contributed by atoms with Crippen molar-refractivity contribution in [2.75, 3.05) is 13.1 Å². The minimum absolute atomic E-state index is 0.0247. The fourth-order valence-corrected chi connectivity index (χ4v) is 6.60. The number of hydrogen-bond donors (Lipinski definition) is 3. The number of aliphatic hydroxyl groups excluding tert-OH is 1. The zero-order chi connectivity index (χ0) is 26.6. The number of carbonyl (C=O) groups is 2. The van der Waals surface area contributed by atoms with Crippen LogP contribution in [0.25, 0.3) is 0 Å². The van der Waals surface area contributed by atoms with Crippen LogP contribution >= 0.6 is 11.3 Å². The number of benzene rings is 2. The van der Waals surface area contributed by atoms with Crippen LogP contribution in [0.5, 0.6) is 0 Å². The highest BCUT2D eigenvalue weighted by molar-refractivity contribution is 7.09. The highest BCUT2D eigenvalue weighted by Crippen LogP contribution is 2.35. The lowest BCUT2D eigenvalue weighted by molar-refractivity contribution is 0.0733. The molecule has 0 bridgehead atoms. The van der Waals surface area contributed by atoms with E-state index in [1.807, 2.05) is 60.5 Å². The van der Waals surface area contributed by atoms with Crippen LogP contribution in [0.1, 0.15) is 74.3 Å². The smallest absolute Gasteiger partial charge is 0.254 e. The van der Waals surface area contributed by atoms with E-state index in [9.17, 15) is 14.7 Å². The number of amides is 2. The summed E-state index contributed by atoms with van der Waals surface area (Å²) in [6, 6.07) is 14.7. The SMILES string of the molecule is Cc1cc(C(=O)N[C@@H](Cc2ccccc2)[C@H](O)[C@H]2CCCN2)cc(C(=O)N2CCC[C@@H]2c2nc(C)cs2)c1. The predicted molar refractivity (Wildman–Crippen MR) is 149 cm³/mol. The zero-order valence-electron chi connectivity index (χ0n) is 22.0. The lowest BCUT2D eigenvalue weighted by Crippen LogP contribution is -2.52. The van der Waals surface area contributed by atoms with E-state index >= 15 is 0 Å². The second-order valence-electron chi connectivity index (χ2n) is 10.5. The Morgan fingerprint density at radius 2 is 1.92 bits per heavy atom. The number of likely N-dealkylation sites (tertiary alicyclic amines) is 1. The molecule has 0 radical (unpaired) electrons. The summed E-state index contributed by atoms with van der Waals surface area (Å²) in [7, 11) is 0. The first-order valence-electron chi connectivity index (χ1n) is 13.5. The Morgan fingerprint density at radius 3 is 2.63 bits per heavy atom. The molecular weight excluding hydrogens is 496 g/mol. The topological polar surface area (TPSA) is 94.6 Å². The van der Waals surface area contributed by atoms with Crippen LogP contribution in [-0.4, -0.2) is 58.1 Å². The summed E-state index contributed by atoms with van der Waals surface area (Å²) in [6.45, 7) is 5.42. The van der Waals surface area contributed by atoms with Gasteiger partial charge in [-0.1, -0.05) is 30.3 Å². The number of aliphatic hydroxyl groups is 1. The molecule has 5 rings (SSSR count). The molecule has 2 aromatic carbocycles. The average Bonchev–Trinajstić information content (AvgIpc) is 3.69. The molecule has 0 saturated carbocycles. The van der Waals surface area contributed by atoms with E-state index < -0.39 is 12.1 Å². The van der Waals surface area contributed by atoms with Crippen molar-refractivity contribution in [1.82, 2.24) is 20.5 Å². The Morgan fingerprint density at radius 1 is 1.13 bits per heavy atom. The molecule has 38 heavy (non-hydrogen) atoms. The summed E-state index contributed by atoms with van der Waals surface area (Å²) in [5.41, 5.74) is 3.80. The molecule has 3 aromatic rings. The van der Waals surface area contributed by atoms with E-state index in [0.29, 0.717) is 24.1 Å². The molecule has 3 heterocycles. The molecule has 1 aromatic heterocycles. The zero-order valence-corrected chi connectivity index (χ0v) is 22.8. The minimum Gasteiger partial charge on any atom is -0.389 e. The molecule has 2 fully saturated rings. The van der Waals surface area contributed by atoms with Gasteiger partial charge in [-0.05, 0) is 81.8 Å². The summed E-state index contributed by atoms with van der Waals surface area (Å²) in [5.74, 6) is -0.358. The van der Waals surface area contributed by atoms with Crippen LogP contribution < -0.4 is 10.6 Å². The van der Waals surface area contributed by atoms with Gasteiger partial charge in [0, 0.05) is 34.8 Å². The van der Waals surface area contributed by atoms with Crippen LogP contribution in [-0.2, 0) is 6.42 Å². The lowest BCUT2D eigenvalue weighted by Gasteiger charge is -2.29. The number of rotatable bonds is 8. The van der Waals surface area contributed by atoms with Gasteiger partial charge in [0.05, 0.1) is 18.2 Å². The molecule has 2 saturated heterocycles. The van der Waals surface area contributed by atoms with E-state index in [1.165, 1.54) is 0 Å². The van der Waals surface area contributed by atoms with Crippen LogP contribution in [0, 0.1) is 13.8 Å². The third-order valence-corrected chi connectivity index (χ3v) is 8.62. The number of aryl methyl sites for hydroxylation is 2. The van der Waals surface area contributed by atoms with Crippen molar-refractivity contribution in [3.63, 3.8) is 0 Å². The maximum atomic E-state index is 13.6. The number of thiazole rings is 1. The highest BCUT2D eigenvalue weighted by Gasteiger charge is 2.34. The van der Waals surface area contributed by atoms with Crippen molar-refractivity contribution < 1.29 is 14.7 Å². The molecule has 200 valence electrons. The van der Waals surface area contributed by atoms with E-state index in [4.69, 9.17) is 0 Å². The molecule has 2 aliphatic rings. The lowest BCUT2D eigenvalue weighted by atomic mass is 9.95. The van der Waals surface area contributed by atoms with E-state index in [0.717, 1.165) is 54.1 Å². The van der Waals surface area contributed by atoms with Gasteiger partial charge in [-0.15, -0.1) is 11.3 Å². The van der Waals surface area contributed by atoms with Gasteiger partial charge in [-0.3, -0.25) is 9.59 Å². The van der Waals surface area contributed by atoms with E-state index in [-0.39, 0.29) is 23.9 Å². The van der Waals surface area contributed by atoms with Gasteiger partial charge in [0.15, 0.2) is 0 Å². The first-order chi connectivity index (χ1) is 18.4. The number of aromatic nitrogens is 1. The summed E-state index contributed by atoms with van der Waals surface area (Å²) < 4.78 is 0. The van der Waals surface area contributed by atoms with Crippen molar-refractivity contribution in [3.8, 4) is 0 Å². The molecule has 0 unspecified atom stereocenters. The van der Waals surface area contributed by atoms with Crippen molar-refractivity contribution in [1.29, 1.82) is 0 Å². The van der Waals surface area contributed by atoms with Gasteiger partial charge in [-0.2, -0.15) is 0 Å². The molecule has 7 nitrogen and oxygen atoms in total. The number of nitrogens with one attached hydrogen (secondary N) is 2. The molecule has 4 atom stereocenters. The van der Waals surface area contributed by atoms with Gasteiger partial charge in [0.25, 0.3) is 11.8 Å². The van der Waals surface area contributed by atoms with Crippen molar-refractivity contribution in [3.05, 3.63) is 86.9 Å². The van der Waals surface area contributed by atoms with E-state index in [1.54, 1.807) is 23.5 Å². The summed E-state index contributed by atoms with van der Waals surface area (Å²) >= 11 is 1.60. The predicted octanol–water partition coefficient (Wildman–Crippen LogP) is 4.19. The molecule has 8 heteroatoms. The first-order valence-corrected chi connectivity index (χ1v) is 14.4. The Balaban J connectivity index is 1.36. The Bertz CT molecular complexity index is 1270. The molecule has 3 N–H and O–H groups in total. The molecule has 2 aliphatic heterocycles. The van der Waals surface area contributed by atoms with Gasteiger partial charge in [-0.25, -0.2) is 4.98 Å². The minimum atomic E-state index is -0.723. The van der Waals surface area contributed by atoms with Crippen molar-refractivity contribution in [2.24, 2.45) is 0 Å². The Kier molecular flexibility index (Phi) is 8.21. The maximum Gasteiger partial charge on any atom is 0.254 e. The third kappa shape index (κ3) is 5.98.